The number of hydrogen-bond acceptors (Lipinski definition) is 3. The standard InChI is InChI=1S/C29H33N3O3/c1-29(28(34)30-21-11-3-2-4-12-21)19-31-24(26-15-8-18-35-26)16-17-25(31)27(33)32(29)23-14-7-10-20-9-5-6-13-22(20)23/h5-6,8-9,13,15-18,21,23H,2-4,7,10-12,14,19H2,1H3,(H,30,34). The summed E-state index contributed by atoms with van der Waals surface area (Å²) in [6.45, 7) is 2.35. The molecule has 1 fully saturated rings. The molecule has 1 aliphatic heterocycles. The van der Waals surface area contributed by atoms with Gasteiger partial charge in [-0.1, -0.05) is 43.5 Å². The largest absolute Gasteiger partial charge is 0.463 e. The lowest BCUT2D eigenvalue weighted by Crippen LogP contribution is -2.65. The van der Waals surface area contributed by atoms with E-state index in [0.29, 0.717) is 18.0 Å². The van der Waals surface area contributed by atoms with Gasteiger partial charge in [0.15, 0.2) is 0 Å². The first-order valence-corrected chi connectivity index (χ1v) is 13.0. The molecule has 3 aliphatic rings. The SMILES string of the molecule is CC1(C(=O)NC2CCCCC2)Cn2c(ccc2-c2ccco2)C(=O)N1C1CCCc2ccccc21. The van der Waals surface area contributed by atoms with Gasteiger partial charge in [-0.15, -0.1) is 0 Å². The summed E-state index contributed by atoms with van der Waals surface area (Å²) in [6.07, 6.45) is 10.1. The number of nitrogens with zero attached hydrogens (tertiary/aromatic N) is 2. The van der Waals surface area contributed by atoms with Gasteiger partial charge in [-0.2, -0.15) is 0 Å². The van der Waals surface area contributed by atoms with E-state index in [1.807, 2.05) is 46.7 Å². The lowest BCUT2D eigenvalue weighted by atomic mass is 9.82. The highest BCUT2D eigenvalue weighted by molar-refractivity contribution is 6.01. The van der Waals surface area contributed by atoms with E-state index >= 15 is 0 Å². The molecule has 6 nitrogen and oxygen atoms in total. The molecule has 2 aliphatic carbocycles. The Morgan fingerprint density at radius 1 is 0.971 bits per heavy atom. The van der Waals surface area contributed by atoms with Crippen LogP contribution in [0, 0.1) is 0 Å². The smallest absolute Gasteiger partial charge is 0.271 e. The molecule has 1 aromatic carbocycles. The van der Waals surface area contributed by atoms with Crippen LogP contribution in [0.1, 0.15) is 79.5 Å². The van der Waals surface area contributed by atoms with Crippen molar-refractivity contribution < 1.29 is 14.0 Å². The average molecular weight is 472 g/mol. The van der Waals surface area contributed by atoms with E-state index < -0.39 is 5.54 Å². The van der Waals surface area contributed by atoms with Gasteiger partial charge in [0.1, 0.15) is 17.0 Å². The number of amides is 2. The normalized spacial score (nSPS) is 24.7. The van der Waals surface area contributed by atoms with E-state index in [1.165, 1.54) is 17.5 Å². The summed E-state index contributed by atoms with van der Waals surface area (Å²) in [4.78, 5) is 30.2. The molecule has 2 unspecified atom stereocenters. The van der Waals surface area contributed by atoms with Gasteiger partial charge in [0.25, 0.3) is 5.91 Å². The lowest BCUT2D eigenvalue weighted by Gasteiger charge is -2.49. The number of carbonyl (C=O) groups is 2. The van der Waals surface area contributed by atoms with Crippen LogP contribution in [0.4, 0.5) is 0 Å². The van der Waals surface area contributed by atoms with Crippen molar-refractivity contribution in [3.8, 4) is 11.5 Å². The molecule has 3 heterocycles. The summed E-state index contributed by atoms with van der Waals surface area (Å²) in [6, 6.07) is 16.0. The maximum atomic E-state index is 14.2. The predicted molar refractivity (Wildman–Crippen MR) is 134 cm³/mol. The highest BCUT2D eigenvalue weighted by Gasteiger charge is 2.51. The van der Waals surface area contributed by atoms with E-state index in [2.05, 4.69) is 23.5 Å². The van der Waals surface area contributed by atoms with E-state index in [9.17, 15) is 9.59 Å². The van der Waals surface area contributed by atoms with Gasteiger partial charge < -0.3 is 19.2 Å². The van der Waals surface area contributed by atoms with Crippen molar-refractivity contribution in [2.24, 2.45) is 0 Å². The quantitative estimate of drug-likeness (QED) is 0.547. The number of carbonyl (C=O) groups excluding carboxylic acids is 2. The van der Waals surface area contributed by atoms with Crippen LogP contribution in [-0.4, -0.2) is 32.9 Å². The molecule has 182 valence electrons. The molecule has 0 spiro atoms. The first-order chi connectivity index (χ1) is 17.1. The highest BCUT2D eigenvalue weighted by atomic mass is 16.3. The molecule has 1 N–H and O–H groups in total. The number of nitrogens with one attached hydrogen (secondary N) is 1. The number of fused-ring (bicyclic) bond motifs is 2. The van der Waals surface area contributed by atoms with Crippen molar-refractivity contribution in [2.75, 3.05) is 0 Å². The monoisotopic (exact) mass is 471 g/mol. The molecule has 0 bridgehead atoms. The second-order valence-corrected chi connectivity index (χ2v) is 10.5. The average Bonchev–Trinajstić information content (AvgIpc) is 3.55. The molecule has 0 radical (unpaired) electrons. The van der Waals surface area contributed by atoms with Gasteiger partial charge in [0.2, 0.25) is 5.91 Å². The van der Waals surface area contributed by atoms with E-state index in [0.717, 1.165) is 50.6 Å². The minimum absolute atomic E-state index is 0.0504. The minimum atomic E-state index is -1.02. The summed E-state index contributed by atoms with van der Waals surface area (Å²) in [5, 5.41) is 3.35. The van der Waals surface area contributed by atoms with Crippen molar-refractivity contribution in [3.63, 3.8) is 0 Å². The van der Waals surface area contributed by atoms with Gasteiger partial charge in [-0.05, 0) is 74.4 Å². The molecule has 0 saturated heterocycles. The molecule has 2 amide bonds. The molecular weight excluding hydrogens is 438 g/mol. The Kier molecular flexibility index (Phi) is 5.54. The van der Waals surface area contributed by atoms with Crippen LogP contribution in [0.25, 0.3) is 11.5 Å². The third kappa shape index (κ3) is 3.70. The second-order valence-electron chi connectivity index (χ2n) is 10.5. The number of rotatable bonds is 4. The summed E-state index contributed by atoms with van der Waals surface area (Å²) < 4.78 is 7.65. The van der Waals surface area contributed by atoms with Crippen LogP contribution in [0.2, 0.25) is 0 Å². The number of hydrogen-bond donors (Lipinski definition) is 1. The molecule has 2 atom stereocenters. The van der Waals surface area contributed by atoms with Gasteiger partial charge >= 0.3 is 0 Å². The van der Waals surface area contributed by atoms with Crippen LogP contribution in [0.5, 0.6) is 0 Å². The number of furan rings is 1. The van der Waals surface area contributed by atoms with E-state index in [4.69, 9.17) is 4.42 Å². The molecule has 35 heavy (non-hydrogen) atoms. The van der Waals surface area contributed by atoms with Crippen LogP contribution in [0.15, 0.2) is 59.2 Å². The summed E-state index contributed by atoms with van der Waals surface area (Å²) in [5.41, 5.74) is 2.89. The number of aryl methyl sites for hydroxylation is 1. The van der Waals surface area contributed by atoms with E-state index in [1.54, 1.807) is 6.26 Å². The Bertz CT molecular complexity index is 1240. The second kappa shape index (κ2) is 8.74. The fourth-order valence-corrected chi connectivity index (χ4v) is 6.45. The first-order valence-electron chi connectivity index (χ1n) is 13.0. The van der Waals surface area contributed by atoms with Gasteiger partial charge in [0, 0.05) is 6.04 Å². The number of aromatic nitrogens is 1. The Morgan fingerprint density at radius 2 is 1.77 bits per heavy atom. The third-order valence-corrected chi connectivity index (χ3v) is 8.27. The summed E-state index contributed by atoms with van der Waals surface area (Å²) >= 11 is 0. The molecular formula is C29H33N3O3. The van der Waals surface area contributed by atoms with Crippen molar-refractivity contribution in [2.45, 2.75) is 82.5 Å². The predicted octanol–water partition coefficient (Wildman–Crippen LogP) is 5.49. The molecule has 6 heteroatoms. The lowest BCUT2D eigenvalue weighted by molar-refractivity contribution is -0.135. The number of benzene rings is 1. The third-order valence-electron chi connectivity index (χ3n) is 8.27. The Morgan fingerprint density at radius 3 is 2.57 bits per heavy atom. The zero-order valence-corrected chi connectivity index (χ0v) is 20.3. The van der Waals surface area contributed by atoms with Gasteiger partial charge in [-0.3, -0.25) is 9.59 Å². The Balaban J connectivity index is 1.44. The van der Waals surface area contributed by atoms with Crippen LogP contribution in [0.3, 0.4) is 0 Å². The highest BCUT2D eigenvalue weighted by Crippen LogP contribution is 2.43. The van der Waals surface area contributed by atoms with Crippen molar-refractivity contribution in [3.05, 3.63) is 71.6 Å². The fourth-order valence-electron chi connectivity index (χ4n) is 6.45. The maximum absolute atomic E-state index is 14.2. The fraction of sp³-hybridized carbons (Fsp3) is 0.448. The Labute approximate surface area is 206 Å². The molecule has 3 aromatic rings. The molecule has 2 aromatic heterocycles. The van der Waals surface area contributed by atoms with E-state index in [-0.39, 0.29) is 23.9 Å². The Hall–Kier alpha value is -3.28. The topological polar surface area (TPSA) is 67.5 Å². The van der Waals surface area contributed by atoms with Crippen LogP contribution < -0.4 is 5.32 Å². The zero-order chi connectivity index (χ0) is 24.0. The van der Waals surface area contributed by atoms with Gasteiger partial charge in [0.05, 0.1) is 24.5 Å². The maximum Gasteiger partial charge on any atom is 0.271 e. The van der Waals surface area contributed by atoms with Crippen molar-refractivity contribution >= 4 is 11.8 Å². The summed E-state index contributed by atoms with van der Waals surface area (Å²) in [7, 11) is 0. The van der Waals surface area contributed by atoms with Gasteiger partial charge in [-0.25, -0.2) is 0 Å². The molecule has 1 saturated carbocycles. The van der Waals surface area contributed by atoms with Crippen molar-refractivity contribution in [1.29, 1.82) is 0 Å². The first kappa shape index (κ1) is 22.2. The van der Waals surface area contributed by atoms with Crippen molar-refractivity contribution in [1.82, 2.24) is 14.8 Å². The van der Waals surface area contributed by atoms with Crippen LogP contribution >= 0.6 is 0 Å². The zero-order valence-electron chi connectivity index (χ0n) is 20.3. The van der Waals surface area contributed by atoms with Crippen LogP contribution in [-0.2, 0) is 17.8 Å². The summed E-state index contributed by atoms with van der Waals surface area (Å²) in [5.74, 6) is 0.568. The minimum Gasteiger partial charge on any atom is -0.463 e. The molecule has 6 rings (SSSR count).